The van der Waals surface area contributed by atoms with Crippen LogP contribution in [0.25, 0.3) is 10.9 Å². The minimum absolute atomic E-state index is 0.317. The summed E-state index contributed by atoms with van der Waals surface area (Å²) in [7, 11) is 1.39. The Labute approximate surface area is 183 Å². The van der Waals surface area contributed by atoms with Gasteiger partial charge in [0, 0.05) is 27.7 Å². The molecule has 1 saturated carbocycles. The molecule has 0 aliphatic heterocycles. The average molecular weight is 448 g/mol. The fourth-order valence-corrected chi connectivity index (χ4v) is 4.26. The molecule has 1 unspecified atom stereocenters. The number of hydrogen-bond acceptors (Lipinski definition) is 4. The number of methoxy groups -OCH3 is 1. The monoisotopic (exact) mass is 448 g/mol. The third kappa shape index (κ3) is 4.11. The number of rotatable bonds is 7. The van der Waals surface area contributed by atoms with Gasteiger partial charge in [-0.05, 0) is 68.7 Å². The zero-order chi connectivity index (χ0) is 23.1. The van der Waals surface area contributed by atoms with Gasteiger partial charge < -0.3 is 15.2 Å². The van der Waals surface area contributed by atoms with Crippen molar-refractivity contribution in [2.24, 2.45) is 0 Å². The number of aromatic nitrogens is 1. The highest BCUT2D eigenvalue weighted by Gasteiger charge is 2.61. The Bertz CT molecular complexity index is 1140. The van der Waals surface area contributed by atoms with E-state index in [2.05, 4.69) is 10.3 Å². The molecule has 1 heterocycles. The zero-order valence-corrected chi connectivity index (χ0v) is 17.8. The first-order valence-electron chi connectivity index (χ1n) is 10.3. The van der Waals surface area contributed by atoms with Crippen molar-refractivity contribution < 1.29 is 27.4 Å². The second-order valence-electron chi connectivity index (χ2n) is 8.51. The molecular formula is C24H24F4N2O2. The van der Waals surface area contributed by atoms with Gasteiger partial charge in [0.1, 0.15) is 11.6 Å². The highest BCUT2D eigenvalue weighted by atomic mass is 19.4. The summed E-state index contributed by atoms with van der Waals surface area (Å²) in [5.41, 5.74) is -1.79. The van der Waals surface area contributed by atoms with E-state index in [4.69, 9.17) is 4.74 Å². The van der Waals surface area contributed by atoms with Crippen molar-refractivity contribution in [3.63, 3.8) is 0 Å². The topological polar surface area (TPSA) is 54.4 Å². The lowest BCUT2D eigenvalue weighted by Gasteiger charge is -2.35. The van der Waals surface area contributed by atoms with E-state index < -0.39 is 36.0 Å². The van der Waals surface area contributed by atoms with Crippen LogP contribution in [0.4, 0.5) is 23.2 Å². The molecule has 2 aromatic carbocycles. The van der Waals surface area contributed by atoms with Gasteiger partial charge in [0.05, 0.1) is 19.2 Å². The summed E-state index contributed by atoms with van der Waals surface area (Å²) in [6.45, 7) is 1.08. The number of pyridine rings is 1. The van der Waals surface area contributed by atoms with Crippen LogP contribution in [0.5, 0.6) is 5.75 Å². The van der Waals surface area contributed by atoms with E-state index in [9.17, 15) is 22.7 Å². The first kappa shape index (κ1) is 22.3. The van der Waals surface area contributed by atoms with Gasteiger partial charge in [-0.15, -0.1) is 0 Å². The van der Waals surface area contributed by atoms with Crippen LogP contribution in [0.2, 0.25) is 0 Å². The predicted molar refractivity (Wildman–Crippen MR) is 114 cm³/mol. The molecule has 4 nitrogen and oxygen atoms in total. The smallest absolute Gasteiger partial charge is 0.418 e. The summed E-state index contributed by atoms with van der Waals surface area (Å²) in [5, 5.41) is 14.3. The van der Waals surface area contributed by atoms with Crippen LogP contribution < -0.4 is 10.1 Å². The van der Waals surface area contributed by atoms with Gasteiger partial charge in [0.15, 0.2) is 5.60 Å². The second-order valence-corrected chi connectivity index (χ2v) is 8.51. The fourth-order valence-electron chi connectivity index (χ4n) is 4.26. The van der Waals surface area contributed by atoms with Crippen LogP contribution >= 0.6 is 0 Å². The number of anilines is 1. The van der Waals surface area contributed by atoms with E-state index in [1.165, 1.54) is 25.3 Å². The molecule has 1 fully saturated rings. The number of nitrogens with one attached hydrogen (secondary N) is 1. The minimum atomic E-state index is -4.89. The molecule has 0 spiro atoms. The van der Waals surface area contributed by atoms with Crippen molar-refractivity contribution in [1.82, 2.24) is 4.98 Å². The highest BCUT2D eigenvalue weighted by Crippen LogP contribution is 2.57. The first-order valence-corrected chi connectivity index (χ1v) is 10.3. The number of hydrogen-bond donors (Lipinski definition) is 2. The van der Waals surface area contributed by atoms with Crippen molar-refractivity contribution in [2.45, 2.75) is 43.4 Å². The van der Waals surface area contributed by atoms with Crippen LogP contribution in [0.3, 0.4) is 0 Å². The van der Waals surface area contributed by atoms with E-state index in [1.54, 1.807) is 30.3 Å². The molecule has 1 aliphatic carbocycles. The predicted octanol–water partition coefficient (Wildman–Crippen LogP) is 5.52. The van der Waals surface area contributed by atoms with Crippen molar-refractivity contribution in [3.8, 4) is 5.75 Å². The number of nitrogens with zero attached hydrogens (tertiary/aromatic N) is 1. The molecule has 0 bridgehead atoms. The third-order valence-electron chi connectivity index (χ3n) is 6.19. The van der Waals surface area contributed by atoms with Gasteiger partial charge in [0.25, 0.3) is 0 Å². The number of alkyl halides is 3. The molecule has 8 heteroatoms. The summed E-state index contributed by atoms with van der Waals surface area (Å²) in [6.07, 6.45) is -4.68. The normalized spacial score (nSPS) is 17.1. The zero-order valence-electron chi connectivity index (χ0n) is 17.8. The standard InChI is InChI=1S/C24H24F4N2O2/c1-15-6-8-17-19(4-3-5-20(17)30-15)29-14-23(31,24(26,27)28)13-22(10-11-22)18-12-16(25)7-9-21(18)32-2/h3-9,12,29,31H,10-11,13-14H2,1-2H3. The van der Waals surface area contributed by atoms with Crippen molar-refractivity contribution in [1.29, 1.82) is 0 Å². The van der Waals surface area contributed by atoms with Crippen LogP contribution in [0.1, 0.15) is 30.5 Å². The molecule has 170 valence electrons. The van der Waals surface area contributed by atoms with Crippen molar-refractivity contribution in [3.05, 3.63) is 65.6 Å². The number of halogens is 4. The van der Waals surface area contributed by atoms with E-state index >= 15 is 0 Å². The molecule has 1 atom stereocenters. The Morgan fingerprint density at radius 3 is 2.53 bits per heavy atom. The van der Waals surface area contributed by atoms with Crippen LogP contribution in [0.15, 0.2) is 48.5 Å². The lowest BCUT2D eigenvalue weighted by Crippen LogP contribution is -2.52. The largest absolute Gasteiger partial charge is 0.496 e. The summed E-state index contributed by atoms with van der Waals surface area (Å²) in [5.74, 6) is -0.240. The van der Waals surface area contributed by atoms with E-state index in [-0.39, 0.29) is 0 Å². The Morgan fingerprint density at radius 1 is 1.12 bits per heavy atom. The number of fused-ring (bicyclic) bond motifs is 1. The average Bonchev–Trinajstić information content (AvgIpc) is 3.51. The lowest BCUT2D eigenvalue weighted by atomic mass is 9.82. The molecule has 0 radical (unpaired) electrons. The first-order chi connectivity index (χ1) is 15.1. The lowest BCUT2D eigenvalue weighted by molar-refractivity contribution is -0.259. The molecule has 1 aromatic heterocycles. The van der Waals surface area contributed by atoms with Gasteiger partial charge in [-0.25, -0.2) is 4.39 Å². The Hall–Kier alpha value is -2.87. The van der Waals surface area contributed by atoms with Gasteiger partial charge in [-0.3, -0.25) is 4.98 Å². The molecule has 2 N–H and O–H groups in total. The summed E-state index contributed by atoms with van der Waals surface area (Å²) >= 11 is 0. The maximum absolute atomic E-state index is 14.1. The van der Waals surface area contributed by atoms with Crippen molar-refractivity contribution >= 4 is 16.6 Å². The maximum atomic E-state index is 14.1. The van der Waals surface area contributed by atoms with E-state index in [0.717, 1.165) is 5.69 Å². The minimum Gasteiger partial charge on any atom is -0.496 e. The molecule has 32 heavy (non-hydrogen) atoms. The van der Waals surface area contributed by atoms with Crippen molar-refractivity contribution in [2.75, 3.05) is 19.0 Å². The summed E-state index contributed by atoms with van der Waals surface area (Å²) < 4.78 is 61.5. The Balaban J connectivity index is 1.64. The quantitative estimate of drug-likeness (QED) is 0.468. The molecule has 4 rings (SSSR count). The fraction of sp³-hybridized carbons (Fsp3) is 0.375. The number of aryl methyl sites for hydroxylation is 1. The Morgan fingerprint density at radius 2 is 1.88 bits per heavy atom. The van der Waals surface area contributed by atoms with Crippen LogP contribution in [-0.2, 0) is 5.41 Å². The van der Waals surface area contributed by atoms with Gasteiger partial charge in [-0.1, -0.05) is 6.07 Å². The van der Waals surface area contributed by atoms with E-state index in [0.29, 0.717) is 40.7 Å². The molecular weight excluding hydrogens is 424 g/mol. The molecule has 0 saturated heterocycles. The van der Waals surface area contributed by atoms with Crippen LogP contribution in [-0.4, -0.2) is 35.5 Å². The Kier molecular flexibility index (Phi) is 5.53. The highest BCUT2D eigenvalue weighted by molar-refractivity contribution is 5.91. The number of benzene rings is 2. The van der Waals surface area contributed by atoms with Gasteiger partial charge >= 0.3 is 6.18 Å². The maximum Gasteiger partial charge on any atom is 0.418 e. The summed E-state index contributed by atoms with van der Waals surface area (Å²) in [4.78, 5) is 4.39. The molecule has 1 aliphatic rings. The van der Waals surface area contributed by atoms with Crippen LogP contribution in [0, 0.1) is 12.7 Å². The van der Waals surface area contributed by atoms with Gasteiger partial charge in [0.2, 0.25) is 0 Å². The number of ether oxygens (including phenoxy) is 1. The van der Waals surface area contributed by atoms with Gasteiger partial charge in [-0.2, -0.15) is 13.2 Å². The number of aliphatic hydroxyl groups is 1. The second kappa shape index (κ2) is 7.92. The molecule has 3 aromatic rings. The third-order valence-corrected chi connectivity index (χ3v) is 6.19. The molecule has 0 amide bonds. The van der Waals surface area contributed by atoms with E-state index in [1.807, 2.05) is 6.92 Å². The summed E-state index contributed by atoms with van der Waals surface area (Å²) in [6, 6.07) is 12.5. The SMILES string of the molecule is COc1ccc(F)cc1C1(CC(O)(CNc2cccc3nc(C)ccc23)C(F)(F)F)CC1.